The van der Waals surface area contributed by atoms with Gasteiger partial charge in [0.05, 0.1) is 11.3 Å². The Hall–Kier alpha value is -1.81. The molecule has 0 saturated heterocycles. The Kier molecular flexibility index (Phi) is 3.99. The van der Waals surface area contributed by atoms with Gasteiger partial charge in [0.15, 0.2) is 0 Å². The molecule has 4 nitrogen and oxygen atoms in total. The number of rotatable bonds is 5. The van der Waals surface area contributed by atoms with E-state index in [1.54, 1.807) is 0 Å². The lowest BCUT2D eigenvalue weighted by Gasteiger charge is -2.07. The van der Waals surface area contributed by atoms with Gasteiger partial charge in [-0.15, -0.1) is 0 Å². The fraction of sp³-hybridized carbons (Fsp3) is 0.357. The predicted molar refractivity (Wildman–Crippen MR) is 69.5 cm³/mol. The van der Waals surface area contributed by atoms with Crippen LogP contribution in [-0.4, -0.2) is 12.2 Å². The van der Waals surface area contributed by atoms with E-state index in [9.17, 15) is 0 Å². The minimum Gasteiger partial charge on any atom is -0.489 e. The SMILES string of the molecule is CNCc1ccc(OCc2c(C)noc2C)cc1. The Labute approximate surface area is 107 Å². The molecule has 0 unspecified atom stereocenters. The average molecular weight is 246 g/mol. The summed E-state index contributed by atoms with van der Waals surface area (Å²) >= 11 is 0. The van der Waals surface area contributed by atoms with E-state index < -0.39 is 0 Å². The van der Waals surface area contributed by atoms with Crippen molar-refractivity contribution in [3.05, 3.63) is 46.8 Å². The molecule has 0 aliphatic rings. The van der Waals surface area contributed by atoms with E-state index in [0.29, 0.717) is 6.61 Å². The van der Waals surface area contributed by atoms with Gasteiger partial charge in [0.2, 0.25) is 0 Å². The van der Waals surface area contributed by atoms with E-state index in [2.05, 4.69) is 22.6 Å². The number of nitrogens with zero attached hydrogens (tertiary/aromatic N) is 1. The lowest BCUT2D eigenvalue weighted by atomic mass is 10.2. The van der Waals surface area contributed by atoms with Crippen LogP contribution in [0.25, 0.3) is 0 Å². The zero-order chi connectivity index (χ0) is 13.0. The molecule has 1 aromatic heterocycles. The molecule has 1 heterocycles. The van der Waals surface area contributed by atoms with Crippen molar-refractivity contribution in [2.24, 2.45) is 0 Å². The van der Waals surface area contributed by atoms with Crippen LogP contribution in [0.1, 0.15) is 22.6 Å². The van der Waals surface area contributed by atoms with Crippen LogP contribution < -0.4 is 10.1 Å². The Morgan fingerprint density at radius 2 is 1.94 bits per heavy atom. The Morgan fingerprint density at radius 1 is 1.22 bits per heavy atom. The largest absolute Gasteiger partial charge is 0.489 e. The molecule has 0 radical (unpaired) electrons. The lowest BCUT2D eigenvalue weighted by molar-refractivity contribution is 0.301. The molecule has 4 heteroatoms. The number of aryl methyl sites for hydroxylation is 2. The lowest BCUT2D eigenvalue weighted by Crippen LogP contribution is -2.04. The summed E-state index contributed by atoms with van der Waals surface area (Å²) in [7, 11) is 1.93. The third kappa shape index (κ3) is 2.90. The maximum atomic E-state index is 5.72. The Morgan fingerprint density at radius 3 is 2.50 bits per heavy atom. The first-order chi connectivity index (χ1) is 8.70. The summed E-state index contributed by atoms with van der Waals surface area (Å²) < 4.78 is 10.8. The number of hydrogen-bond donors (Lipinski definition) is 1. The van der Waals surface area contributed by atoms with Crippen molar-refractivity contribution in [3.8, 4) is 5.75 Å². The van der Waals surface area contributed by atoms with Crippen molar-refractivity contribution in [3.63, 3.8) is 0 Å². The van der Waals surface area contributed by atoms with Gasteiger partial charge in [0.25, 0.3) is 0 Å². The van der Waals surface area contributed by atoms with Gasteiger partial charge in [0.1, 0.15) is 18.1 Å². The summed E-state index contributed by atoms with van der Waals surface area (Å²) in [6.07, 6.45) is 0. The van der Waals surface area contributed by atoms with Gasteiger partial charge in [-0.1, -0.05) is 17.3 Å². The summed E-state index contributed by atoms with van der Waals surface area (Å²) in [5.41, 5.74) is 3.15. The zero-order valence-corrected chi connectivity index (χ0v) is 11.0. The minimum atomic E-state index is 0.493. The number of nitrogens with one attached hydrogen (secondary N) is 1. The third-order valence-corrected chi connectivity index (χ3v) is 2.87. The second-order valence-corrected chi connectivity index (χ2v) is 4.27. The van der Waals surface area contributed by atoms with Crippen LogP contribution in [0.5, 0.6) is 5.75 Å². The first-order valence-electron chi connectivity index (χ1n) is 5.99. The maximum Gasteiger partial charge on any atom is 0.140 e. The third-order valence-electron chi connectivity index (χ3n) is 2.87. The molecule has 2 rings (SSSR count). The highest BCUT2D eigenvalue weighted by atomic mass is 16.5. The molecule has 2 aromatic rings. The van der Waals surface area contributed by atoms with E-state index in [4.69, 9.17) is 9.26 Å². The van der Waals surface area contributed by atoms with Gasteiger partial charge >= 0.3 is 0 Å². The van der Waals surface area contributed by atoms with Gasteiger partial charge in [-0.25, -0.2) is 0 Å². The maximum absolute atomic E-state index is 5.72. The number of ether oxygens (including phenoxy) is 1. The van der Waals surface area contributed by atoms with E-state index in [0.717, 1.165) is 29.3 Å². The first kappa shape index (κ1) is 12.6. The topological polar surface area (TPSA) is 47.3 Å². The molecule has 0 bridgehead atoms. The summed E-state index contributed by atoms with van der Waals surface area (Å²) in [5, 5.41) is 7.01. The number of hydrogen-bond acceptors (Lipinski definition) is 4. The van der Waals surface area contributed by atoms with Gasteiger partial charge < -0.3 is 14.6 Å². The molecule has 18 heavy (non-hydrogen) atoms. The number of benzene rings is 1. The normalized spacial score (nSPS) is 10.6. The molecule has 0 aliphatic heterocycles. The Balaban J connectivity index is 1.98. The second kappa shape index (κ2) is 5.69. The molecular formula is C14H18N2O2. The monoisotopic (exact) mass is 246 g/mol. The summed E-state index contributed by atoms with van der Waals surface area (Å²) in [4.78, 5) is 0. The van der Waals surface area contributed by atoms with Gasteiger partial charge in [0, 0.05) is 6.54 Å². The van der Waals surface area contributed by atoms with Crippen LogP contribution in [0.4, 0.5) is 0 Å². The molecule has 0 saturated carbocycles. The van der Waals surface area contributed by atoms with Gasteiger partial charge in [-0.3, -0.25) is 0 Å². The van der Waals surface area contributed by atoms with E-state index >= 15 is 0 Å². The Bertz CT molecular complexity index is 484. The van der Waals surface area contributed by atoms with Gasteiger partial charge in [-0.05, 0) is 38.6 Å². The highest BCUT2D eigenvalue weighted by Crippen LogP contribution is 2.17. The second-order valence-electron chi connectivity index (χ2n) is 4.27. The molecule has 0 atom stereocenters. The average Bonchev–Trinajstić information content (AvgIpc) is 2.69. The summed E-state index contributed by atoms with van der Waals surface area (Å²) in [6, 6.07) is 8.06. The van der Waals surface area contributed by atoms with Crippen molar-refractivity contribution in [1.29, 1.82) is 0 Å². The molecular weight excluding hydrogens is 228 g/mol. The van der Waals surface area contributed by atoms with Crippen LogP contribution in [-0.2, 0) is 13.2 Å². The molecule has 1 aromatic carbocycles. The van der Waals surface area contributed by atoms with Crippen molar-refractivity contribution in [1.82, 2.24) is 10.5 Å². The van der Waals surface area contributed by atoms with Crippen molar-refractivity contribution in [2.45, 2.75) is 27.0 Å². The van der Waals surface area contributed by atoms with Crippen molar-refractivity contribution in [2.75, 3.05) is 7.05 Å². The fourth-order valence-electron chi connectivity index (χ4n) is 1.77. The van der Waals surface area contributed by atoms with Crippen LogP contribution in [0, 0.1) is 13.8 Å². The standard InChI is InChI=1S/C14H18N2O2/c1-10-14(11(2)18-16-10)9-17-13-6-4-12(5-7-13)8-15-3/h4-7,15H,8-9H2,1-3H3. The molecule has 0 spiro atoms. The van der Waals surface area contributed by atoms with Crippen molar-refractivity contribution >= 4 is 0 Å². The van der Waals surface area contributed by atoms with Crippen LogP contribution in [0.15, 0.2) is 28.8 Å². The molecule has 0 fully saturated rings. The number of aromatic nitrogens is 1. The fourth-order valence-corrected chi connectivity index (χ4v) is 1.77. The van der Waals surface area contributed by atoms with Crippen LogP contribution >= 0.6 is 0 Å². The molecule has 0 aliphatic carbocycles. The van der Waals surface area contributed by atoms with Crippen molar-refractivity contribution < 1.29 is 9.26 Å². The summed E-state index contributed by atoms with van der Waals surface area (Å²) in [6.45, 7) is 5.18. The van der Waals surface area contributed by atoms with Crippen LogP contribution in [0.2, 0.25) is 0 Å². The highest BCUT2D eigenvalue weighted by molar-refractivity contribution is 5.28. The van der Waals surface area contributed by atoms with E-state index in [1.165, 1.54) is 5.56 Å². The smallest absolute Gasteiger partial charge is 0.140 e. The highest BCUT2D eigenvalue weighted by Gasteiger charge is 2.09. The predicted octanol–water partition coefficient (Wildman–Crippen LogP) is 2.59. The summed E-state index contributed by atoms with van der Waals surface area (Å²) in [5.74, 6) is 1.68. The minimum absolute atomic E-state index is 0.493. The molecule has 0 amide bonds. The quantitative estimate of drug-likeness (QED) is 0.881. The van der Waals surface area contributed by atoms with Gasteiger partial charge in [-0.2, -0.15) is 0 Å². The van der Waals surface area contributed by atoms with Crippen LogP contribution in [0.3, 0.4) is 0 Å². The van der Waals surface area contributed by atoms with E-state index in [-0.39, 0.29) is 0 Å². The molecule has 96 valence electrons. The first-order valence-corrected chi connectivity index (χ1v) is 5.99. The molecule has 1 N–H and O–H groups in total. The van der Waals surface area contributed by atoms with E-state index in [1.807, 2.05) is 33.0 Å². The zero-order valence-electron chi connectivity index (χ0n) is 11.0.